The molecule has 0 saturated carbocycles. The van der Waals surface area contributed by atoms with Crippen molar-refractivity contribution in [1.29, 1.82) is 0 Å². The van der Waals surface area contributed by atoms with E-state index in [-0.39, 0.29) is 19.2 Å². The van der Waals surface area contributed by atoms with E-state index in [0.29, 0.717) is 13.0 Å². The Hall–Kier alpha value is -1.30. The second kappa shape index (κ2) is 7.35. The van der Waals surface area contributed by atoms with E-state index >= 15 is 0 Å². The van der Waals surface area contributed by atoms with Crippen molar-refractivity contribution < 1.29 is 19.4 Å². The van der Waals surface area contributed by atoms with Gasteiger partial charge in [0.2, 0.25) is 0 Å². The van der Waals surface area contributed by atoms with Crippen molar-refractivity contribution >= 4 is 12.0 Å². The molecule has 3 N–H and O–H groups in total. The van der Waals surface area contributed by atoms with Crippen LogP contribution >= 0.6 is 0 Å². The zero-order valence-electron chi connectivity index (χ0n) is 7.50. The molecule has 0 bridgehead atoms. The van der Waals surface area contributed by atoms with Gasteiger partial charge in [-0.1, -0.05) is 0 Å². The third-order valence-corrected chi connectivity index (χ3v) is 1.23. The zero-order chi connectivity index (χ0) is 10.1. The predicted octanol–water partition coefficient (Wildman–Crippen LogP) is -0.246. The molecular weight excluding hydrogens is 176 g/mol. The number of urea groups is 1. The molecule has 0 unspecified atom stereocenters. The smallest absolute Gasteiger partial charge is 0.316 e. The number of methoxy groups -OCH3 is 1. The van der Waals surface area contributed by atoms with Gasteiger partial charge in [0, 0.05) is 20.1 Å². The molecule has 13 heavy (non-hydrogen) atoms. The van der Waals surface area contributed by atoms with Gasteiger partial charge < -0.3 is 20.5 Å². The highest BCUT2D eigenvalue weighted by Crippen LogP contribution is 1.85. The van der Waals surface area contributed by atoms with Crippen molar-refractivity contribution in [2.45, 2.75) is 12.8 Å². The SMILES string of the molecule is COCNC(=O)NCCCC(=O)O. The van der Waals surface area contributed by atoms with Crippen LogP contribution in [0.1, 0.15) is 12.8 Å². The van der Waals surface area contributed by atoms with Gasteiger partial charge in [0.15, 0.2) is 0 Å². The minimum Gasteiger partial charge on any atom is -0.481 e. The Morgan fingerprint density at radius 3 is 2.62 bits per heavy atom. The molecule has 0 aromatic heterocycles. The van der Waals surface area contributed by atoms with E-state index in [1.807, 2.05) is 0 Å². The summed E-state index contributed by atoms with van der Waals surface area (Å²) in [5, 5.41) is 13.2. The topological polar surface area (TPSA) is 87.7 Å². The first kappa shape index (κ1) is 11.7. The van der Waals surface area contributed by atoms with Crippen LogP contribution in [0.2, 0.25) is 0 Å². The van der Waals surface area contributed by atoms with Gasteiger partial charge >= 0.3 is 12.0 Å². The molecule has 0 aromatic rings. The lowest BCUT2D eigenvalue weighted by molar-refractivity contribution is -0.137. The summed E-state index contributed by atoms with van der Waals surface area (Å²) in [6.45, 7) is 0.493. The van der Waals surface area contributed by atoms with Gasteiger partial charge in [0.1, 0.15) is 6.73 Å². The lowest BCUT2D eigenvalue weighted by atomic mass is 10.3. The first-order valence-electron chi connectivity index (χ1n) is 3.89. The van der Waals surface area contributed by atoms with Crippen molar-refractivity contribution in [1.82, 2.24) is 10.6 Å². The highest BCUT2D eigenvalue weighted by Gasteiger charge is 1.99. The lowest BCUT2D eigenvalue weighted by Crippen LogP contribution is -2.37. The average molecular weight is 190 g/mol. The van der Waals surface area contributed by atoms with E-state index < -0.39 is 5.97 Å². The number of carboxylic acid groups (broad SMARTS) is 1. The van der Waals surface area contributed by atoms with Crippen molar-refractivity contribution in [2.75, 3.05) is 20.4 Å². The molecule has 0 aromatic carbocycles. The Morgan fingerprint density at radius 1 is 1.38 bits per heavy atom. The summed E-state index contributed by atoms with van der Waals surface area (Å²) in [6.07, 6.45) is 0.486. The second-order valence-corrected chi connectivity index (χ2v) is 2.36. The molecule has 0 aliphatic heterocycles. The van der Waals surface area contributed by atoms with Crippen LogP contribution in [0, 0.1) is 0 Å². The maximum Gasteiger partial charge on any atom is 0.316 e. The molecule has 0 spiro atoms. The van der Waals surface area contributed by atoms with Crippen LogP contribution in [-0.4, -0.2) is 37.5 Å². The number of carbonyl (C=O) groups is 2. The van der Waals surface area contributed by atoms with E-state index in [2.05, 4.69) is 15.4 Å². The quantitative estimate of drug-likeness (QED) is 0.398. The van der Waals surface area contributed by atoms with Crippen molar-refractivity contribution in [3.05, 3.63) is 0 Å². The maximum absolute atomic E-state index is 10.8. The molecule has 0 radical (unpaired) electrons. The molecule has 6 nitrogen and oxygen atoms in total. The highest BCUT2D eigenvalue weighted by molar-refractivity contribution is 5.73. The van der Waals surface area contributed by atoms with E-state index in [1.54, 1.807) is 0 Å². The monoisotopic (exact) mass is 190 g/mol. The summed E-state index contributed by atoms with van der Waals surface area (Å²) in [5.74, 6) is -0.862. The van der Waals surface area contributed by atoms with Crippen molar-refractivity contribution in [3.63, 3.8) is 0 Å². The number of amides is 2. The number of rotatable bonds is 6. The number of hydrogen-bond donors (Lipinski definition) is 3. The first-order chi connectivity index (χ1) is 6.16. The van der Waals surface area contributed by atoms with Gasteiger partial charge in [-0.25, -0.2) is 4.79 Å². The molecule has 0 aliphatic rings. The molecule has 0 rings (SSSR count). The summed E-state index contributed by atoms with van der Waals surface area (Å²) in [5.41, 5.74) is 0. The van der Waals surface area contributed by atoms with Gasteiger partial charge in [-0.05, 0) is 6.42 Å². The Labute approximate surface area is 76.3 Å². The second-order valence-electron chi connectivity index (χ2n) is 2.36. The van der Waals surface area contributed by atoms with E-state index in [0.717, 1.165) is 0 Å². The number of aliphatic carboxylic acids is 1. The largest absolute Gasteiger partial charge is 0.481 e. The summed E-state index contributed by atoms with van der Waals surface area (Å²) in [4.78, 5) is 20.9. The van der Waals surface area contributed by atoms with Crippen LogP contribution in [0.25, 0.3) is 0 Å². The molecule has 2 amide bonds. The minimum atomic E-state index is -0.862. The molecule has 0 fully saturated rings. The number of carboxylic acids is 1. The van der Waals surface area contributed by atoms with Crippen LogP contribution in [-0.2, 0) is 9.53 Å². The fourth-order valence-electron chi connectivity index (χ4n) is 0.642. The Morgan fingerprint density at radius 2 is 2.08 bits per heavy atom. The molecule has 6 heteroatoms. The van der Waals surface area contributed by atoms with Crippen LogP contribution in [0.15, 0.2) is 0 Å². The Kier molecular flexibility index (Phi) is 6.62. The summed E-state index contributed by atoms with van der Waals surface area (Å²) in [7, 11) is 1.46. The van der Waals surface area contributed by atoms with Crippen LogP contribution < -0.4 is 10.6 Å². The lowest BCUT2D eigenvalue weighted by Gasteiger charge is -2.05. The normalized spacial score (nSPS) is 9.31. The third kappa shape index (κ3) is 8.61. The molecule has 0 aliphatic carbocycles. The fourth-order valence-corrected chi connectivity index (χ4v) is 0.642. The number of hydrogen-bond acceptors (Lipinski definition) is 3. The van der Waals surface area contributed by atoms with Crippen molar-refractivity contribution in [2.24, 2.45) is 0 Å². The van der Waals surface area contributed by atoms with Gasteiger partial charge in [0.25, 0.3) is 0 Å². The molecule has 0 heterocycles. The van der Waals surface area contributed by atoms with Gasteiger partial charge in [0.05, 0.1) is 0 Å². The molecule has 0 atom stereocenters. The molecule has 0 saturated heterocycles. The van der Waals surface area contributed by atoms with E-state index in [4.69, 9.17) is 5.11 Å². The number of carbonyl (C=O) groups excluding carboxylic acids is 1. The van der Waals surface area contributed by atoms with Crippen LogP contribution in [0.3, 0.4) is 0 Å². The minimum absolute atomic E-state index is 0.0601. The van der Waals surface area contributed by atoms with Gasteiger partial charge in [-0.2, -0.15) is 0 Å². The third-order valence-electron chi connectivity index (χ3n) is 1.23. The van der Waals surface area contributed by atoms with E-state index in [9.17, 15) is 9.59 Å². The van der Waals surface area contributed by atoms with Crippen LogP contribution in [0.4, 0.5) is 4.79 Å². The predicted molar refractivity (Wildman–Crippen MR) is 45.3 cm³/mol. The first-order valence-corrected chi connectivity index (χ1v) is 3.89. The maximum atomic E-state index is 10.8. The highest BCUT2D eigenvalue weighted by atomic mass is 16.5. The van der Waals surface area contributed by atoms with Crippen molar-refractivity contribution in [3.8, 4) is 0 Å². The van der Waals surface area contributed by atoms with Gasteiger partial charge in [-0.3, -0.25) is 4.79 Å². The van der Waals surface area contributed by atoms with Gasteiger partial charge in [-0.15, -0.1) is 0 Å². The summed E-state index contributed by atoms with van der Waals surface area (Å²) in [6, 6.07) is -0.354. The number of ether oxygens (including phenoxy) is 1. The number of nitrogens with one attached hydrogen (secondary N) is 2. The van der Waals surface area contributed by atoms with Crippen LogP contribution in [0.5, 0.6) is 0 Å². The summed E-state index contributed by atoms with van der Waals surface area (Å²) < 4.78 is 4.59. The Bertz CT molecular complexity index is 172. The zero-order valence-corrected chi connectivity index (χ0v) is 7.50. The average Bonchev–Trinajstić information content (AvgIpc) is 2.08. The standard InChI is InChI=1S/C7H14N2O4/c1-13-5-9-7(12)8-4-2-3-6(10)11/h2-5H2,1H3,(H,10,11)(H2,8,9,12). The molecular formula is C7H14N2O4. The summed E-state index contributed by atoms with van der Waals surface area (Å²) >= 11 is 0. The fraction of sp³-hybridized carbons (Fsp3) is 0.714. The Balaban J connectivity index is 3.22. The van der Waals surface area contributed by atoms with E-state index in [1.165, 1.54) is 7.11 Å². The molecule has 76 valence electrons.